The van der Waals surface area contributed by atoms with E-state index in [0.29, 0.717) is 6.54 Å². The van der Waals surface area contributed by atoms with Crippen LogP contribution in [-0.2, 0) is 11.2 Å². The number of rotatable bonds is 4. The fourth-order valence-electron chi connectivity index (χ4n) is 2.63. The van der Waals surface area contributed by atoms with E-state index in [9.17, 15) is 9.59 Å². The van der Waals surface area contributed by atoms with Gasteiger partial charge in [0.15, 0.2) is 0 Å². The number of benzene rings is 1. The lowest BCUT2D eigenvalue weighted by atomic mass is 10.1. The summed E-state index contributed by atoms with van der Waals surface area (Å²) in [4.78, 5) is 26.7. The molecule has 5 nitrogen and oxygen atoms in total. The number of anilines is 1. The normalized spacial score (nSPS) is 16.9. The lowest BCUT2D eigenvalue weighted by Crippen LogP contribution is -2.46. The number of nitrogens with zero attached hydrogens (tertiary/aromatic N) is 2. The van der Waals surface area contributed by atoms with Gasteiger partial charge in [0, 0.05) is 24.8 Å². The van der Waals surface area contributed by atoms with Crippen LogP contribution in [0.5, 0.6) is 0 Å². The van der Waals surface area contributed by atoms with Gasteiger partial charge in [0.05, 0.1) is 6.42 Å². The van der Waals surface area contributed by atoms with Gasteiger partial charge in [0.25, 0.3) is 0 Å². The minimum absolute atomic E-state index is 0.0244. The van der Waals surface area contributed by atoms with E-state index in [-0.39, 0.29) is 25.0 Å². The molecule has 0 saturated carbocycles. The van der Waals surface area contributed by atoms with Crippen LogP contribution >= 0.6 is 0 Å². The largest absolute Gasteiger partial charge is 0.481 e. The number of amides is 2. The quantitative estimate of drug-likeness (QED) is 0.918. The average molecular weight is 276 g/mol. The fourth-order valence-corrected chi connectivity index (χ4v) is 2.63. The van der Waals surface area contributed by atoms with E-state index in [4.69, 9.17) is 5.11 Å². The maximum absolute atomic E-state index is 12.6. The molecule has 1 aliphatic rings. The molecule has 0 aliphatic carbocycles. The third-order valence-electron chi connectivity index (χ3n) is 3.66. The molecule has 1 aromatic carbocycles. The third kappa shape index (κ3) is 2.76. The minimum Gasteiger partial charge on any atom is -0.481 e. The third-order valence-corrected chi connectivity index (χ3v) is 3.66. The molecule has 5 heteroatoms. The molecule has 20 heavy (non-hydrogen) atoms. The van der Waals surface area contributed by atoms with E-state index >= 15 is 0 Å². The number of aliphatic carboxylic acids is 1. The van der Waals surface area contributed by atoms with E-state index in [2.05, 4.69) is 0 Å². The maximum Gasteiger partial charge on any atom is 0.324 e. The number of carbonyl (C=O) groups is 2. The number of urea groups is 1. The lowest BCUT2D eigenvalue weighted by molar-refractivity contribution is -0.137. The van der Waals surface area contributed by atoms with Crippen molar-refractivity contribution in [2.45, 2.75) is 32.7 Å². The van der Waals surface area contributed by atoms with Crippen LogP contribution in [0.1, 0.15) is 25.8 Å². The molecule has 1 heterocycles. The zero-order chi connectivity index (χ0) is 14.7. The number of carbonyl (C=O) groups excluding carboxylic acids is 1. The van der Waals surface area contributed by atoms with Crippen molar-refractivity contribution in [3.05, 3.63) is 29.8 Å². The summed E-state index contributed by atoms with van der Waals surface area (Å²) in [6, 6.07) is 7.88. The zero-order valence-corrected chi connectivity index (χ0v) is 11.9. The summed E-state index contributed by atoms with van der Waals surface area (Å²) in [5, 5.41) is 8.76. The van der Waals surface area contributed by atoms with E-state index < -0.39 is 5.97 Å². The van der Waals surface area contributed by atoms with Crippen molar-refractivity contribution in [3.63, 3.8) is 0 Å². The summed E-state index contributed by atoms with van der Waals surface area (Å²) in [5.74, 6) is -0.883. The summed E-state index contributed by atoms with van der Waals surface area (Å²) in [6.45, 7) is 4.64. The average Bonchev–Trinajstić information content (AvgIpc) is 2.74. The van der Waals surface area contributed by atoms with E-state index in [1.807, 2.05) is 38.1 Å². The Balaban J connectivity index is 2.17. The summed E-state index contributed by atoms with van der Waals surface area (Å²) in [7, 11) is 0. The first-order valence-corrected chi connectivity index (χ1v) is 6.92. The molecule has 0 spiro atoms. The molecule has 0 saturated heterocycles. The van der Waals surface area contributed by atoms with Crippen LogP contribution in [0.15, 0.2) is 24.3 Å². The lowest BCUT2D eigenvalue weighted by Gasteiger charge is -2.30. The number of carboxylic acid groups (broad SMARTS) is 1. The number of fused-ring (bicyclic) bond motifs is 1. The summed E-state index contributed by atoms with van der Waals surface area (Å²) < 4.78 is 0. The SMILES string of the molecule is CCN(CCC(=O)O)C(=O)N1c2ccccc2CC1C. The Bertz CT molecular complexity index is 516. The van der Waals surface area contributed by atoms with Gasteiger partial charge in [-0.3, -0.25) is 9.69 Å². The first-order chi connectivity index (χ1) is 9.54. The summed E-state index contributed by atoms with van der Waals surface area (Å²) in [5.41, 5.74) is 2.11. The Morgan fingerprint density at radius 2 is 2.10 bits per heavy atom. The standard InChI is InChI=1S/C15H20N2O3/c1-3-16(9-8-14(18)19)15(20)17-11(2)10-12-6-4-5-7-13(12)17/h4-7,11H,3,8-10H2,1-2H3,(H,18,19). The van der Waals surface area contributed by atoms with Crippen LogP contribution in [0, 0.1) is 0 Å². The van der Waals surface area contributed by atoms with E-state index in [1.165, 1.54) is 5.56 Å². The van der Waals surface area contributed by atoms with Crippen molar-refractivity contribution in [2.75, 3.05) is 18.0 Å². The van der Waals surface area contributed by atoms with Gasteiger partial charge in [-0.05, 0) is 31.9 Å². The Morgan fingerprint density at radius 3 is 2.75 bits per heavy atom. The van der Waals surface area contributed by atoms with Crippen molar-refractivity contribution in [2.24, 2.45) is 0 Å². The smallest absolute Gasteiger partial charge is 0.324 e. The highest BCUT2D eigenvalue weighted by Gasteiger charge is 2.32. The predicted octanol–water partition coefficient (Wildman–Crippen LogP) is 2.35. The topological polar surface area (TPSA) is 60.9 Å². The molecule has 1 aromatic rings. The summed E-state index contributed by atoms with van der Waals surface area (Å²) >= 11 is 0. The molecule has 2 rings (SSSR count). The van der Waals surface area contributed by atoms with Crippen LogP contribution in [-0.4, -0.2) is 41.1 Å². The molecule has 1 N–H and O–H groups in total. The molecule has 0 aromatic heterocycles. The van der Waals surface area contributed by atoms with Crippen molar-refractivity contribution in [3.8, 4) is 0 Å². The molecule has 108 valence electrons. The van der Waals surface area contributed by atoms with Crippen molar-refractivity contribution in [1.82, 2.24) is 4.90 Å². The van der Waals surface area contributed by atoms with Crippen LogP contribution in [0.4, 0.5) is 10.5 Å². The highest BCUT2D eigenvalue weighted by atomic mass is 16.4. The van der Waals surface area contributed by atoms with E-state index in [1.54, 1.807) is 9.80 Å². The van der Waals surface area contributed by atoms with Crippen molar-refractivity contribution >= 4 is 17.7 Å². The second-order valence-electron chi connectivity index (χ2n) is 5.06. The van der Waals surface area contributed by atoms with Gasteiger partial charge in [-0.25, -0.2) is 4.79 Å². The van der Waals surface area contributed by atoms with Gasteiger partial charge >= 0.3 is 12.0 Å². The van der Waals surface area contributed by atoms with Crippen LogP contribution in [0.2, 0.25) is 0 Å². The van der Waals surface area contributed by atoms with Crippen LogP contribution < -0.4 is 4.90 Å². The molecule has 1 atom stereocenters. The van der Waals surface area contributed by atoms with Crippen LogP contribution in [0.25, 0.3) is 0 Å². The molecule has 0 radical (unpaired) electrons. The number of para-hydroxylation sites is 1. The Morgan fingerprint density at radius 1 is 1.40 bits per heavy atom. The number of carboxylic acids is 1. The molecule has 1 unspecified atom stereocenters. The molecule has 0 bridgehead atoms. The van der Waals surface area contributed by atoms with Gasteiger partial charge in [0.1, 0.15) is 0 Å². The van der Waals surface area contributed by atoms with Gasteiger partial charge in [0.2, 0.25) is 0 Å². The van der Waals surface area contributed by atoms with Gasteiger partial charge < -0.3 is 10.0 Å². The van der Waals surface area contributed by atoms with Crippen LogP contribution in [0.3, 0.4) is 0 Å². The Hall–Kier alpha value is -2.04. The second-order valence-corrected chi connectivity index (χ2v) is 5.06. The zero-order valence-electron chi connectivity index (χ0n) is 11.9. The van der Waals surface area contributed by atoms with Gasteiger partial charge in [-0.2, -0.15) is 0 Å². The Labute approximate surface area is 118 Å². The molecular formula is C15H20N2O3. The van der Waals surface area contributed by atoms with E-state index in [0.717, 1.165) is 12.1 Å². The maximum atomic E-state index is 12.6. The number of hydrogen-bond acceptors (Lipinski definition) is 2. The van der Waals surface area contributed by atoms with Crippen molar-refractivity contribution < 1.29 is 14.7 Å². The van der Waals surface area contributed by atoms with Gasteiger partial charge in [-0.15, -0.1) is 0 Å². The summed E-state index contributed by atoms with van der Waals surface area (Å²) in [6.07, 6.45) is 0.821. The molecular weight excluding hydrogens is 256 g/mol. The monoisotopic (exact) mass is 276 g/mol. The first kappa shape index (κ1) is 14.4. The highest BCUT2D eigenvalue weighted by molar-refractivity contribution is 5.95. The Kier molecular flexibility index (Phi) is 4.27. The second kappa shape index (κ2) is 5.94. The molecule has 2 amide bonds. The predicted molar refractivity (Wildman–Crippen MR) is 77.0 cm³/mol. The van der Waals surface area contributed by atoms with Gasteiger partial charge in [-0.1, -0.05) is 18.2 Å². The highest BCUT2D eigenvalue weighted by Crippen LogP contribution is 2.32. The first-order valence-electron chi connectivity index (χ1n) is 6.92. The number of hydrogen-bond donors (Lipinski definition) is 1. The fraction of sp³-hybridized carbons (Fsp3) is 0.467. The minimum atomic E-state index is -0.883. The molecule has 0 fully saturated rings. The van der Waals surface area contributed by atoms with Crippen molar-refractivity contribution in [1.29, 1.82) is 0 Å². The molecule has 1 aliphatic heterocycles.